The number of hydrogen-bond acceptors (Lipinski definition) is 4. The van der Waals surface area contributed by atoms with Gasteiger partial charge >= 0.3 is 0 Å². The van der Waals surface area contributed by atoms with Crippen molar-refractivity contribution >= 4 is 17.6 Å². The molecule has 1 aromatic rings. The largest absolute Gasteiger partial charge is 0.356 e. The van der Waals surface area contributed by atoms with Crippen molar-refractivity contribution in [3.8, 4) is 0 Å². The van der Waals surface area contributed by atoms with E-state index in [-0.39, 0.29) is 0 Å². The third-order valence-electron chi connectivity index (χ3n) is 4.07. The monoisotopic (exact) mass is 277 g/mol. The van der Waals surface area contributed by atoms with E-state index in [0.717, 1.165) is 18.4 Å². The highest BCUT2D eigenvalue weighted by molar-refractivity contribution is 7.99. The van der Waals surface area contributed by atoms with Gasteiger partial charge < -0.3 is 10.2 Å². The predicted octanol–water partition coefficient (Wildman–Crippen LogP) is 2.58. The minimum absolute atomic E-state index is 0.659. The third-order valence-corrected chi connectivity index (χ3v) is 5.21. The van der Waals surface area contributed by atoms with Crippen molar-refractivity contribution < 1.29 is 0 Å². The molecule has 1 atom stereocenters. The minimum Gasteiger partial charge on any atom is -0.356 e. The summed E-state index contributed by atoms with van der Waals surface area (Å²) in [4.78, 5) is 7.07. The summed E-state index contributed by atoms with van der Waals surface area (Å²) in [5.41, 5.74) is 2.61. The number of aromatic nitrogens is 1. The SMILES string of the molecule is Cc1cc(CNC2CC2)cnc1N(C)C1CCSC1. The van der Waals surface area contributed by atoms with Crippen molar-refractivity contribution in [3.63, 3.8) is 0 Å². The Kier molecular flexibility index (Phi) is 3.99. The Labute approximate surface area is 120 Å². The Morgan fingerprint density at radius 1 is 1.42 bits per heavy atom. The van der Waals surface area contributed by atoms with Crippen LogP contribution >= 0.6 is 11.8 Å². The van der Waals surface area contributed by atoms with Gasteiger partial charge in [0.05, 0.1) is 0 Å². The van der Waals surface area contributed by atoms with E-state index in [2.05, 4.69) is 42.0 Å². The highest BCUT2D eigenvalue weighted by atomic mass is 32.2. The number of rotatable bonds is 5. The van der Waals surface area contributed by atoms with Crippen LogP contribution < -0.4 is 10.2 Å². The molecule has 1 saturated heterocycles. The molecule has 0 radical (unpaired) electrons. The topological polar surface area (TPSA) is 28.2 Å². The summed E-state index contributed by atoms with van der Waals surface area (Å²) < 4.78 is 0. The summed E-state index contributed by atoms with van der Waals surface area (Å²) in [6.07, 6.45) is 6.00. The van der Waals surface area contributed by atoms with E-state index >= 15 is 0 Å². The minimum atomic E-state index is 0.659. The first-order valence-electron chi connectivity index (χ1n) is 7.23. The lowest BCUT2D eigenvalue weighted by Gasteiger charge is -2.26. The number of anilines is 1. The summed E-state index contributed by atoms with van der Waals surface area (Å²) in [6, 6.07) is 3.71. The standard InChI is InChI=1S/C15H23N3S/c1-11-7-12(8-16-13-3-4-13)9-17-15(11)18(2)14-5-6-19-10-14/h7,9,13-14,16H,3-6,8,10H2,1-2H3. The molecule has 1 aliphatic carbocycles. The van der Waals surface area contributed by atoms with Gasteiger partial charge in [-0.15, -0.1) is 0 Å². The molecule has 0 spiro atoms. The van der Waals surface area contributed by atoms with Gasteiger partial charge in [0, 0.05) is 37.6 Å². The smallest absolute Gasteiger partial charge is 0.131 e. The molecular formula is C15H23N3S. The molecule has 3 nitrogen and oxygen atoms in total. The molecule has 104 valence electrons. The molecule has 0 aromatic carbocycles. The van der Waals surface area contributed by atoms with Crippen molar-refractivity contribution in [1.29, 1.82) is 0 Å². The second-order valence-corrected chi connectivity index (χ2v) is 6.92. The highest BCUT2D eigenvalue weighted by Crippen LogP contribution is 2.27. The van der Waals surface area contributed by atoms with Gasteiger partial charge in [0.1, 0.15) is 5.82 Å². The fourth-order valence-electron chi connectivity index (χ4n) is 2.64. The zero-order chi connectivity index (χ0) is 13.2. The van der Waals surface area contributed by atoms with Gasteiger partial charge in [-0.1, -0.05) is 0 Å². The Bertz CT molecular complexity index is 439. The zero-order valence-corrected chi connectivity index (χ0v) is 12.7. The molecule has 1 unspecified atom stereocenters. The van der Waals surface area contributed by atoms with Crippen LogP contribution in [0.2, 0.25) is 0 Å². The Morgan fingerprint density at radius 2 is 2.26 bits per heavy atom. The van der Waals surface area contributed by atoms with E-state index in [9.17, 15) is 0 Å². The van der Waals surface area contributed by atoms with Crippen LogP contribution in [-0.2, 0) is 6.54 Å². The number of nitrogens with zero attached hydrogens (tertiary/aromatic N) is 2. The Hall–Kier alpha value is -0.740. The molecule has 19 heavy (non-hydrogen) atoms. The first-order valence-corrected chi connectivity index (χ1v) is 8.39. The molecule has 0 bridgehead atoms. The Balaban J connectivity index is 1.67. The average Bonchev–Trinajstić information content (AvgIpc) is 3.07. The fourth-order valence-corrected chi connectivity index (χ4v) is 3.91. The van der Waals surface area contributed by atoms with E-state index in [0.29, 0.717) is 6.04 Å². The molecule has 1 aliphatic heterocycles. The molecular weight excluding hydrogens is 254 g/mol. The molecule has 2 heterocycles. The average molecular weight is 277 g/mol. The van der Waals surface area contributed by atoms with Crippen LogP contribution in [-0.4, -0.2) is 35.6 Å². The maximum absolute atomic E-state index is 4.70. The van der Waals surface area contributed by atoms with Gasteiger partial charge in [0.2, 0.25) is 0 Å². The van der Waals surface area contributed by atoms with Crippen molar-refractivity contribution in [2.24, 2.45) is 0 Å². The second-order valence-electron chi connectivity index (χ2n) is 5.77. The van der Waals surface area contributed by atoms with E-state index in [1.807, 2.05) is 6.20 Å². The lowest BCUT2D eigenvalue weighted by atomic mass is 10.1. The second kappa shape index (κ2) is 5.71. The summed E-state index contributed by atoms with van der Waals surface area (Å²) in [7, 11) is 2.19. The van der Waals surface area contributed by atoms with E-state index in [4.69, 9.17) is 4.98 Å². The van der Waals surface area contributed by atoms with Crippen molar-refractivity contribution in [2.75, 3.05) is 23.5 Å². The van der Waals surface area contributed by atoms with Gasteiger partial charge in [0.15, 0.2) is 0 Å². The first-order chi connectivity index (χ1) is 9.24. The lowest BCUT2D eigenvalue weighted by molar-refractivity contribution is 0.677. The van der Waals surface area contributed by atoms with Crippen LogP contribution in [0.15, 0.2) is 12.3 Å². The molecule has 1 N–H and O–H groups in total. The maximum Gasteiger partial charge on any atom is 0.131 e. The molecule has 2 aliphatic rings. The van der Waals surface area contributed by atoms with Gasteiger partial charge in [-0.2, -0.15) is 11.8 Å². The van der Waals surface area contributed by atoms with Gasteiger partial charge in [-0.3, -0.25) is 0 Å². The number of aryl methyl sites for hydroxylation is 1. The Morgan fingerprint density at radius 3 is 2.89 bits per heavy atom. The van der Waals surface area contributed by atoms with Crippen LogP contribution in [0, 0.1) is 6.92 Å². The molecule has 1 saturated carbocycles. The number of nitrogens with one attached hydrogen (secondary N) is 1. The number of thioether (sulfide) groups is 1. The van der Waals surface area contributed by atoms with E-state index in [1.54, 1.807) is 0 Å². The van der Waals surface area contributed by atoms with E-state index in [1.165, 1.54) is 41.9 Å². The van der Waals surface area contributed by atoms with Crippen LogP contribution in [0.4, 0.5) is 5.82 Å². The van der Waals surface area contributed by atoms with Crippen molar-refractivity contribution in [1.82, 2.24) is 10.3 Å². The fraction of sp³-hybridized carbons (Fsp3) is 0.667. The molecule has 2 fully saturated rings. The zero-order valence-electron chi connectivity index (χ0n) is 11.9. The van der Waals surface area contributed by atoms with Gasteiger partial charge in [-0.25, -0.2) is 4.98 Å². The normalized spacial score (nSPS) is 22.7. The van der Waals surface area contributed by atoms with Crippen molar-refractivity contribution in [2.45, 2.75) is 44.8 Å². The summed E-state index contributed by atoms with van der Waals surface area (Å²) >= 11 is 2.05. The van der Waals surface area contributed by atoms with Gasteiger partial charge in [0.25, 0.3) is 0 Å². The van der Waals surface area contributed by atoms with Crippen LogP contribution in [0.5, 0.6) is 0 Å². The van der Waals surface area contributed by atoms with E-state index < -0.39 is 0 Å². The lowest BCUT2D eigenvalue weighted by Crippen LogP contribution is -2.32. The summed E-state index contributed by atoms with van der Waals surface area (Å²) in [6.45, 7) is 3.14. The first kappa shape index (κ1) is 13.3. The van der Waals surface area contributed by atoms with Crippen LogP contribution in [0.1, 0.15) is 30.4 Å². The molecule has 3 rings (SSSR count). The number of hydrogen-bond donors (Lipinski definition) is 1. The summed E-state index contributed by atoms with van der Waals surface area (Å²) in [5.74, 6) is 3.68. The maximum atomic E-state index is 4.70. The third kappa shape index (κ3) is 3.23. The molecule has 1 aromatic heterocycles. The highest BCUT2D eigenvalue weighted by Gasteiger charge is 2.23. The molecule has 4 heteroatoms. The van der Waals surface area contributed by atoms with Crippen LogP contribution in [0.25, 0.3) is 0 Å². The quantitative estimate of drug-likeness (QED) is 0.895. The van der Waals surface area contributed by atoms with Gasteiger partial charge in [-0.05, 0) is 49.1 Å². The van der Waals surface area contributed by atoms with Crippen molar-refractivity contribution in [3.05, 3.63) is 23.4 Å². The number of pyridine rings is 1. The summed E-state index contributed by atoms with van der Waals surface area (Å²) in [5, 5.41) is 3.55. The molecule has 0 amide bonds. The van der Waals surface area contributed by atoms with Crippen LogP contribution in [0.3, 0.4) is 0 Å². The predicted molar refractivity (Wildman–Crippen MR) is 83.0 cm³/mol.